The molecule has 1 unspecified atom stereocenters. The summed E-state index contributed by atoms with van der Waals surface area (Å²) in [4.78, 5) is 0. The minimum Gasteiger partial charge on any atom is -0.373 e. The summed E-state index contributed by atoms with van der Waals surface area (Å²) in [6.07, 6.45) is -4.87. The van der Waals surface area contributed by atoms with Crippen LogP contribution in [-0.4, -0.2) is 11.3 Å². The Bertz CT molecular complexity index is 362. The van der Waals surface area contributed by atoms with E-state index in [9.17, 15) is 13.2 Å². The number of rotatable bonds is 0. The summed E-state index contributed by atoms with van der Waals surface area (Å²) in [6.45, 7) is 0. The minimum absolute atomic E-state index is 0.221. The lowest BCUT2D eigenvalue weighted by Crippen LogP contribution is -2.12. The first kappa shape index (κ1) is 9.33. The van der Waals surface area contributed by atoms with E-state index >= 15 is 0 Å². The van der Waals surface area contributed by atoms with Crippen molar-refractivity contribution in [3.05, 3.63) is 29.3 Å². The molecule has 0 aliphatic carbocycles. The summed E-state index contributed by atoms with van der Waals surface area (Å²) in [5.41, 5.74) is 0.407. The zero-order valence-corrected chi connectivity index (χ0v) is 7.10. The van der Waals surface area contributed by atoms with Crippen LogP contribution >= 0.6 is 0 Å². The summed E-state index contributed by atoms with van der Waals surface area (Å²) in [5.74, 6) is 0. The molecule has 1 heterocycles. The lowest BCUT2D eigenvalue weighted by atomic mass is 10.1. The number of nitrogens with one attached hydrogen (secondary N) is 1. The van der Waals surface area contributed by atoms with E-state index in [2.05, 4.69) is 5.32 Å². The highest BCUT2D eigenvalue weighted by molar-refractivity contribution is 5.57. The van der Waals surface area contributed by atoms with Gasteiger partial charge in [-0.05, 0) is 23.8 Å². The van der Waals surface area contributed by atoms with Crippen molar-refractivity contribution in [2.24, 2.45) is 0 Å². The normalized spacial score (nSPS) is 20.4. The van der Waals surface area contributed by atoms with E-state index in [1.807, 2.05) is 0 Å². The zero-order chi connectivity index (χ0) is 10.3. The van der Waals surface area contributed by atoms with Gasteiger partial charge in [-0.15, -0.1) is 0 Å². The van der Waals surface area contributed by atoms with E-state index in [1.54, 1.807) is 0 Å². The summed E-state index contributed by atoms with van der Waals surface area (Å²) in [7, 11) is 0. The Labute approximate surface area is 78.4 Å². The van der Waals surface area contributed by atoms with Gasteiger partial charge in [0.15, 0.2) is 0 Å². The van der Waals surface area contributed by atoms with Crippen LogP contribution < -0.4 is 5.32 Å². The third-order valence-corrected chi connectivity index (χ3v) is 2.17. The second-order valence-electron chi connectivity index (χ2n) is 3.23. The van der Waals surface area contributed by atoms with Crippen molar-refractivity contribution in [2.75, 3.05) is 5.32 Å². The molecule has 0 fully saturated rings. The fourth-order valence-corrected chi connectivity index (χ4v) is 1.52. The number of aliphatic hydroxyl groups excluding tert-OH is 1. The van der Waals surface area contributed by atoms with E-state index in [-0.39, 0.29) is 6.42 Å². The molecule has 0 radical (unpaired) electrons. The van der Waals surface area contributed by atoms with Crippen molar-refractivity contribution in [3.63, 3.8) is 0 Å². The molecule has 0 bridgehead atoms. The lowest BCUT2D eigenvalue weighted by Gasteiger charge is -2.07. The van der Waals surface area contributed by atoms with Crippen LogP contribution in [0.5, 0.6) is 0 Å². The molecule has 2 N–H and O–H groups in total. The van der Waals surface area contributed by atoms with Crippen LogP contribution in [0, 0.1) is 0 Å². The maximum atomic E-state index is 12.3. The fourth-order valence-electron chi connectivity index (χ4n) is 1.52. The largest absolute Gasteiger partial charge is 0.416 e. The fraction of sp³-hybridized carbons (Fsp3) is 0.333. The zero-order valence-electron chi connectivity index (χ0n) is 7.10. The third-order valence-electron chi connectivity index (χ3n) is 2.17. The van der Waals surface area contributed by atoms with Crippen LogP contribution in [-0.2, 0) is 12.6 Å². The minimum atomic E-state index is -4.32. The molecule has 0 spiro atoms. The van der Waals surface area contributed by atoms with Crippen molar-refractivity contribution < 1.29 is 18.3 Å². The number of aliphatic hydroxyl groups is 1. The Morgan fingerprint density at radius 3 is 2.71 bits per heavy atom. The lowest BCUT2D eigenvalue weighted by molar-refractivity contribution is -0.137. The van der Waals surface area contributed by atoms with Crippen LogP contribution in [0.1, 0.15) is 11.1 Å². The molecule has 1 aromatic carbocycles. The molecule has 1 atom stereocenters. The number of fused-ring (bicyclic) bond motifs is 1. The van der Waals surface area contributed by atoms with Gasteiger partial charge in [0.05, 0.1) is 5.56 Å². The van der Waals surface area contributed by atoms with Crippen LogP contribution in [0.2, 0.25) is 0 Å². The molecule has 0 aromatic heterocycles. The smallest absolute Gasteiger partial charge is 0.373 e. The highest BCUT2D eigenvalue weighted by atomic mass is 19.4. The first-order valence-corrected chi connectivity index (χ1v) is 4.11. The predicted octanol–water partition coefficient (Wildman–Crippen LogP) is 1.99. The molecular formula is C9H8F3NO. The molecule has 0 amide bonds. The molecule has 2 rings (SSSR count). The Morgan fingerprint density at radius 1 is 1.36 bits per heavy atom. The maximum absolute atomic E-state index is 12.3. The summed E-state index contributed by atoms with van der Waals surface area (Å²) in [5, 5.41) is 11.8. The highest BCUT2D eigenvalue weighted by Crippen LogP contribution is 2.34. The van der Waals surface area contributed by atoms with E-state index in [0.717, 1.165) is 12.1 Å². The SMILES string of the molecule is OC1Cc2cc(C(F)(F)F)ccc2N1. The number of halogens is 3. The Hall–Kier alpha value is -1.23. The van der Waals surface area contributed by atoms with E-state index in [4.69, 9.17) is 5.11 Å². The molecule has 2 nitrogen and oxygen atoms in total. The molecule has 1 aliphatic heterocycles. The first-order chi connectivity index (χ1) is 6.47. The quantitative estimate of drug-likeness (QED) is 0.675. The average molecular weight is 203 g/mol. The molecule has 0 saturated heterocycles. The van der Waals surface area contributed by atoms with Crippen molar-refractivity contribution >= 4 is 5.69 Å². The van der Waals surface area contributed by atoms with Gasteiger partial charge in [-0.3, -0.25) is 0 Å². The first-order valence-electron chi connectivity index (χ1n) is 4.11. The predicted molar refractivity (Wildman–Crippen MR) is 44.8 cm³/mol. The molecule has 1 aromatic rings. The second-order valence-corrected chi connectivity index (χ2v) is 3.23. The van der Waals surface area contributed by atoms with Gasteiger partial charge < -0.3 is 10.4 Å². The number of anilines is 1. The molecule has 76 valence electrons. The van der Waals surface area contributed by atoms with E-state index in [0.29, 0.717) is 11.3 Å². The van der Waals surface area contributed by atoms with Crippen LogP contribution in [0.3, 0.4) is 0 Å². The van der Waals surface area contributed by atoms with Crippen LogP contribution in [0.15, 0.2) is 18.2 Å². The summed E-state index contributed by atoms with van der Waals surface area (Å²) < 4.78 is 36.8. The maximum Gasteiger partial charge on any atom is 0.416 e. The Kier molecular flexibility index (Phi) is 1.92. The number of benzene rings is 1. The topological polar surface area (TPSA) is 32.3 Å². The monoisotopic (exact) mass is 203 g/mol. The highest BCUT2D eigenvalue weighted by Gasteiger charge is 2.32. The second kappa shape index (κ2) is 2.88. The molecule has 1 aliphatic rings. The standard InChI is InChI=1S/C9H8F3NO/c10-9(11,12)6-1-2-7-5(3-6)4-8(14)13-7/h1-3,8,13-14H,4H2. The van der Waals surface area contributed by atoms with E-state index < -0.39 is 18.0 Å². The number of hydrogen-bond donors (Lipinski definition) is 2. The van der Waals surface area contributed by atoms with E-state index in [1.165, 1.54) is 6.07 Å². The van der Waals surface area contributed by atoms with Gasteiger partial charge in [0, 0.05) is 12.1 Å². The van der Waals surface area contributed by atoms with Gasteiger partial charge in [-0.25, -0.2) is 0 Å². The van der Waals surface area contributed by atoms with Gasteiger partial charge in [0.25, 0.3) is 0 Å². The average Bonchev–Trinajstić information content (AvgIpc) is 2.41. The van der Waals surface area contributed by atoms with Gasteiger partial charge in [0.1, 0.15) is 6.23 Å². The van der Waals surface area contributed by atoms with Crippen LogP contribution in [0.25, 0.3) is 0 Å². The Morgan fingerprint density at radius 2 is 2.07 bits per heavy atom. The van der Waals surface area contributed by atoms with Crippen molar-refractivity contribution in [2.45, 2.75) is 18.8 Å². The Balaban J connectivity index is 2.38. The summed E-state index contributed by atoms with van der Waals surface area (Å²) in [6, 6.07) is 3.41. The number of alkyl halides is 3. The van der Waals surface area contributed by atoms with Gasteiger partial charge in [-0.2, -0.15) is 13.2 Å². The van der Waals surface area contributed by atoms with Crippen molar-refractivity contribution in [3.8, 4) is 0 Å². The molecular weight excluding hydrogens is 195 g/mol. The molecule has 14 heavy (non-hydrogen) atoms. The van der Waals surface area contributed by atoms with Crippen molar-refractivity contribution in [1.29, 1.82) is 0 Å². The number of hydrogen-bond acceptors (Lipinski definition) is 2. The van der Waals surface area contributed by atoms with Crippen molar-refractivity contribution in [1.82, 2.24) is 0 Å². The molecule has 0 saturated carbocycles. The third kappa shape index (κ3) is 1.55. The van der Waals surface area contributed by atoms with Gasteiger partial charge in [-0.1, -0.05) is 0 Å². The van der Waals surface area contributed by atoms with Crippen LogP contribution in [0.4, 0.5) is 18.9 Å². The summed E-state index contributed by atoms with van der Waals surface area (Å²) >= 11 is 0. The van der Waals surface area contributed by atoms with Gasteiger partial charge in [0.2, 0.25) is 0 Å². The molecule has 5 heteroatoms. The van der Waals surface area contributed by atoms with Gasteiger partial charge >= 0.3 is 6.18 Å².